The fourth-order valence-corrected chi connectivity index (χ4v) is 2.90. The third-order valence-electron chi connectivity index (χ3n) is 3.96. The van der Waals surface area contributed by atoms with Gasteiger partial charge in [-0.2, -0.15) is 0 Å². The maximum absolute atomic E-state index is 12.2. The summed E-state index contributed by atoms with van der Waals surface area (Å²) in [5, 5.41) is 4.07. The van der Waals surface area contributed by atoms with E-state index in [4.69, 9.17) is 5.73 Å². The van der Waals surface area contributed by atoms with E-state index in [-0.39, 0.29) is 5.91 Å². The lowest BCUT2D eigenvalue weighted by Gasteiger charge is -2.11. The second-order valence-corrected chi connectivity index (χ2v) is 5.58. The van der Waals surface area contributed by atoms with Gasteiger partial charge in [0.1, 0.15) is 5.69 Å². The topological polar surface area (TPSA) is 70.9 Å². The molecule has 4 nitrogen and oxygen atoms in total. The average molecular weight is 257 g/mol. The molecule has 1 aliphatic carbocycles. The summed E-state index contributed by atoms with van der Waals surface area (Å²) < 4.78 is 0. The molecule has 4 N–H and O–H groups in total. The normalized spacial score (nSPS) is 22.8. The van der Waals surface area contributed by atoms with Gasteiger partial charge in [0.05, 0.1) is 11.2 Å². The SMILES string of the molecule is CC1CCC(NC(=O)c2cc3cccc(N)c3[nH]2)C1. The maximum atomic E-state index is 12.2. The molecule has 100 valence electrons. The van der Waals surface area contributed by atoms with Crippen molar-refractivity contribution in [1.82, 2.24) is 10.3 Å². The predicted octanol–water partition coefficient (Wildman–Crippen LogP) is 2.67. The number of aromatic amines is 1. The number of aromatic nitrogens is 1. The van der Waals surface area contributed by atoms with E-state index in [1.807, 2.05) is 24.3 Å². The first-order chi connectivity index (χ1) is 9.13. The van der Waals surface area contributed by atoms with E-state index in [1.54, 1.807) is 0 Å². The van der Waals surface area contributed by atoms with Crippen molar-refractivity contribution >= 4 is 22.5 Å². The van der Waals surface area contributed by atoms with Gasteiger partial charge in [0.2, 0.25) is 0 Å². The van der Waals surface area contributed by atoms with Crippen LogP contribution in [0.15, 0.2) is 24.3 Å². The number of benzene rings is 1. The van der Waals surface area contributed by atoms with Crippen molar-refractivity contribution in [3.63, 3.8) is 0 Å². The van der Waals surface area contributed by atoms with Gasteiger partial charge in [-0.3, -0.25) is 4.79 Å². The van der Waals surface area contributed by atoms with E-state index in [0.29, 0.717) is 23.3 Å². The van der Waals surface area contributed by atoms with Crippen LogP contribution in [-0.4, -0.2) is 16.9 Å². The molecule has 2 unspecified atom stereocenters. The van der Waals surface area contributed by atoms with Gasteiger partial charge in [-0.05, 0) is 37.3 Å². The smallest absolute Gasteiger partial charge is 0.267 e. The summed E-state index contributed by atoms with van der Waals surface area (Å²) in [7, 11) is 0. The van der Waals surface area contributed by atoms with Crippen LogP contribution >= 0.6 is 0 Å². The van der Waals surface area contributed by atoms with Gasteiger partial charge in [-0.1, -0.05) is 19.1 Å². The molecule has 1 aromatic heterocycles. The number of carbonyl (C=O) groups is 1. The molecule has 0 aliphatic heterocycles. The number of hydrogen-bond donors (Lipinski definition) is 3. The molecule has 1 heterocycles. The Bertz CT molecular complexity index is 617. The maximum Gasteiger partial charge on any atom is 0.267 e. The Balaban J connectivity index is 1.80. The zero-order valence-corrected chi connectivity index (χ0v) is 11.1. The molecule has 2 aromatic rings. The minimum absolute atomic E-state index is 0.0327. The molecular formula is C15H19N3O. The van der Waals surface area contributed by atoms with Gasteiger partial charge in [-0.15, -0.1) is 0 Å². The number of fused-ring (bicyclic) bond motifs is 1. The number of anilines is 1. The summed E-state index contributed by atoms with van der Waals surface area (Å²) in [4.78, 5) is 15.3. The first-order valence-electron chi connectivity index (χ1n) is 6.81. The van der Waals surface area contributed by atoms with Gasteiger partial charge >= 0.3 is 0 Å². The zero-order chi connectivity index (χ0) is 13.4. The third kappa shape index (κ3) is 2.30. The number of nitrogens with one attached hydrogen (secondary N) is 2. The lowest BCUT2D eigenvalue weighted by molar-refractivity contribution is 0.0933. The molecule has 0 spiro atoms. The summed E-state index contributed by atoms with van der Waals surface area (Å²) in [6, 6.07) is 7.85. The van der Waals surface area contributed by atoms with Gasteiger partial charge in [0.15, 0.2) is 0 Å². The Kier molecular flexibility index (Phi) is 2.93. The Morgan fingerprint density at radius 2 is 2.26 bits per heavy atom. The Labute approximate surface area is 112 Å². The molecule has 2 atom stereocenters. The number of rotatable bonds is 2. The number of nitrogens with two attached hydrogens (primary N) is 1. The van der Waals surface area contributed by atoms with Crippen LogP contribution in [0.3, 0.4) is 0 Å². The molecule has 1 saturated carbocycles. The van der Waals surface area contributed by atoms with Crippen LogP contribution in [-0.2, 0) is 0 Å². The molecule has 1 aliphatic rings. The monoisotopic (exact) mass is 257 g/mol. The highest BCUT2D eigenvalue weighted by Gasteiger charge is 2.23. The molecule has 0 radical (unpaired) electrons. The van der Waals surface area contributed by atoms with Crippen LogP contribution in [0.1, 0.15) is 36.7 Å². The third-order valence-corrected chi connectivity index (χ3v) is 3.96. The summed E-state index contributed by atoms with van der Waals surface area (Å²) in [5.74, 6) is 0.679. The zero-order valence-electron chi connectivity index (χ0n) is 11.1. The second-order valence-electron chi connectivity index (χ2n) is 5.58. The predicted molar refractivity (Wildman–Crippen MR) is 77.0 cm³/mol. The number of carbonyl (C=O) groups excluding carboxylic acids is 1. The van der Waals surface area contributed by atoms with Crippen molar-refractivity contribution in [2.75, 3.05) is 5.73 Å². The summed E-state index contributed by atoms with van der Waals surface area (Å²) in [6.45, 7) is 2.23. The number of amides is 1. The minimum atomic E-state index is -0.0327. The quantitative estimate of drug-likeness (QED) is 0.724. The molecule has 3 rings (SSSR count). The lowest BCUT2D eigenvalue weighted by atomic mass is 10.1. The van der Waals surface area contributed by atoms with E-state index in [9.17, 15) is 4.79 Å². The lowest BCUT2D eigenvalue weighted by Crippen LogP contribution is -2.33. The minimum Gasteiger partial charge on any atom is -0.397 e. The number of H-pyrrole nitrogens is 1. The van der Waals surface area contributed by atoms with Crippen molar-refractivity contribution in [3.8, 4) is 0 Å². The van der Waals surface area contributed by atoms with Crippen LogP contribution in [0, 0.1) is 5.92 Å². The van der Waals surface area contributed by atoms with E-state index >= 15 is 0 Å². The summed E-state index contributed by atoms with van der Waals surface area (Å²) in [5.41, 5.74) is 7.99. The van der Waals surface area contributed by atoms with Crippen molar-refractivity contribution in [3.05, 3.63) is 30.0 Å². The van der Waals surface area contributed by atoms with Crippen molar-refractivity contribution in [1.29, 1.82) is 0 Å². The first-order valence-corrected chi connectivity index (χ1v) is 6.81. The highest BCUT2D eigenvalue weighted by molar-refractivity contribution is 6.00. The van der Waals surface area contributed by atoms with Crippen LogP contribution in [0.25, 0.3) is 10.9 Å². The van der Waals surface area contributed by atoms with Gasteiger partial charge < -0.3 is 16.0 Å². The van der Waals surface area contributed by atoms with Gasteiger partial charge in [0, 0.05) is 11.4 Å². The molecule has 0 bridgehead atoms. The molecule has 1 fully saturated rings. The van der Waals surface area contributed by atoms with Crippen LogP contribution < -0.4 is 11.1 Å². The highest BCUT2D eigenvalue weighted by atomic mass is 16.1. The second kappa shape index (κ2) is 4.61. The van der Waals surface area contributed by atoms with Crippen LogP contribution in [0.4, 0.5) is 5.69 Å². The van der Waals surface area contributed by atoms with E-state index < -0.39 is 0 Å². The summed E-state index contributed by atoms with van der Waals surface area (Å²) >= 11 is 0. The van der Waals surface area contributed by atoms with E-state index in [0.717, 1.165) is 23.7 Å². The largest absolute Gasteiger partial charge is 0.397 e. The van der Waals surface area contributed by atoms with Crippen molar-refractivity contribution in [2.24, 2.45) is 5.92 Å². The van der Waals surface area contributed by atoms with Crippen LogP contribution in [0.2, 0.25) is 0 Å². The molecule has 1 amide bonds. The van der Waals surface area contributed by atoms with Gasteiger partial charge in [0.25, 0.3) is 5.91 Å². The molecular weight excluding hydrogens is 238 g/mol. The standard InChI is InChI=1S/C15H19N3O/c1-9-5-6-11(7-9)17-15(19)13-8-10-3-2-4-12(16)14(10)18-13/h2-4,8-9,11,18H,5-7,16H2,1H3,(H,17,19). The first kappa shape index (κ1) is 12.1. The van der Waals surface area contributed by atoms with Gasteiger partial charge in [-0.25, -0.2) is 0 Å². The Morgan fingerprint density at radius 1 is 1.42 bits per heavy atom. The molecule has 4 heteroatoms. The summed E-state index contributed by atoms with van der Waals surface area (Å²) in [6.07, 6.45) is 3.36. The number of hydrogen-bond acceptors (Lipinski definition) is 2. The van der Waals surface area contributed by atoms with Crippen molar-refractivity contribution in [2.45, 2.75) is 32.2 Å². The fourth-order valence-electron chi connectivity index (χ4n) is 2.90. The number of para-hydroxylation sites is 1. The number of nitrogen functional groups attached to an aromatic ring is 1. The average Bonchev–Trinajstić information content (AvgIpc) is 2.96. The van der Waals surface area contributed by atoms with Crippen LogP contribution in [0.5, 0.6) is 0 Å². The highest BCUT2D eigenvalue weighted by Crippen LogP contribution is 2.25. The molecule has 1 aromatic carbocycles. The fraction of sp³-hybridized carbons (Fsp3) is 0.400. The molecule has 19 heavy (non-hydrogen) atoms. The van der Waals surface area contributed by atoms with E-state index in [1.165, 1.54) is 6.42 Å². The van der Waals surface area contributed by atoms with Crippen molar-refractivity contribution < 1.29 is 4.79 Å². The Morgan fingerprint density at radius 3 is 2.95 bits per heavy atom. The molecule has 0 saturated heterocycles. The Hall–Kier alpha value is -1.97. The van der Waals surface area contributed by atoms with E-state index in [2.05, 4.69) is 17.2 Å².